The summed E-state index contributed by atoms with van der Waals surface area (Å²) in [5.41, 5.74) is 2.60. The van der Waals surface area contributed by atoms with Crippen LogP contribution < -0.4 is 16.8 Å². The number of thioether (sulfide) groups is 1. The second kappa shape index (κ2) is 6.18. The van der Waals surface area contributed by atoms with Gasteiger partial charge in [-0.15, -0.1) is 0 Å². The number of carbonyl (C=O) groups excluding carboxylic acids is 1. The van der Waals surface area contributed by atoms with E-state index in [-0.39, 0.29) is 17.6 Å². The summed E-state index contributed by atoms with van der Waals surface area (Å²) in [6, 6.07) is 1.44. The van der Waals surface area contributed by atoms with Crippen molar-refractivity contribution in [2.75, 3.05) is 5.75 Å². The minimum atomic E-state index is -0.472. The fraction of sp³-hybridized carbons (Fsp3) is 0.545. The van der Waals surface area contributed by atoms with Gasteiger partial charge in [0.15, 0.2) is 5.16 Å². The number of hydrogen-bond acceptors (Lipinski definition) is 6. The summed E-state index contributed by atoms with van der Waals surface area (Å²) in [4.78, 5) is 29.5. The summed E-state index contributed by atoms with van der Waals surface area (Å²) in [5.74, 6) is 5.40. The Balaban J connectivity index is 1.86. The Morgan fingerprint density at radius 2 is 2.47 bits per heavy atom. The SMILES string of the molecule is Cc1cc(=O)[nH]c(SCC2CCC(C(=O)NN)O2)n1. The summed E-state index contributed by atoms with van der Waals surface area (Å²) in [6.07, 6.45) is 0.950. The van der Waals surface area contributed by atoms with E-state index in [1.807, 2.05) is 0 Å². The third-order valence-corrected chi connectivity index (χ3v) is 3.80. The molecule has 1 saturated heterocycles. The Bertz CT molecular complexity index is 519. The third kappa shape index (κ3) is 3.79. The molecule has 0 aromatic carbocycles. The highest BCUT2D eigenvalue weighted by atomic mass is 32.2. The van der Waals surface area contributed by atoms with Crippen molar-refractivity contribution < 1.29 is 9.53 Å². The van der Waals surface area contributed by atoms with Crippen LogP contribution in [0.15, 0.2) is 16.0 Å². The van der Waals surface area contributed by atoms with E-state index in [0.29, 0.717) is 23.0 Å². The molecule has 1 fully saturated rings. The molecule has 2 unspecified atom stereocenters. The zero-order valence-electron chi connectivity index (χ0n) is 10.5. The van der Waals surface area contributed by atoms with E-state index in [4.69, 9.17) is 10.6 Å². The standard InChI is InChI=1S/C11H16N4O3S/c1-6-4-9(16)14-11(13-6)19-5-7-2-3-8(18-7)10(17)15-12/h4,7-8H,2-3,5,12H2,1H3,(H,15,17)(H,13,14,16). The monoisotopic (exact) mass is 284 g/mol. The van der Waals surface area contributed by atoms with E-state index < -0.39 is 6.10 Å². The number of H-pyrrole nitrogens is 1. The van der Waals surface area contributed by atoms with Gasteiger partial charge in [-0.25, -0.2) is 10.8 Å². The zero-order valence-corrected chi connectivity index (χ0v) is 11.3. The highest BCUT2D eigenvalue weighted by Gasteiger charge is 2.30. The first-order valence-electron chi connectivity index (χ1n) is 5.95. The summed E-state index contributed by atoms with van der Waals surface area (Å²) in [5, 5.41) is 0.570. The maximum absolute atomic E-state index is 11.3. The number of hydrogen-bond donors (Lipinski definition) is 3. The first-order valence-corrected chi connectivity index (χ1v) is 6.93. The smallest absolute Gasteiger partial charge is 0.263 e. The van der Waals surface area contributed by atoms with E-state index in [1.165, 1.54) is 17.8 Å². The molecule has 19 heavy (non-hydrogen) atoms. The van der Waals surface area contributed by atoms with Crippen LogP contribution >= 0.6 is 11.8 Å². The van der Waals surface area contributed by atoms with Crippen LogP contribution in [-0.2, 0) is 9.53 Å². The molecule has 8 heteroatoms. The average molecular weight is 284 g/mol. The highest BCUT2D eigenvalue weighted by Crippen LogP contribution is 2.24. The van der Waals surface area contributed by atoms with Gasteiger partial charge in [0.05, 0.1) is 6.10 Å². The van der Waals surface area contributed by atoms with Gasteiger partial charge in [0, 0.05) is 17.5 Å². The Kier molecular flexibility index (Phi) is 4.56. The Morgan fingerprint density at radius 3 is 3.16 bits per heavy atom. The Labute approximate surface area is 114 Å². The largest absolute Gasteiger partial charge is 0.364 e. The summed E-state index contributed by atoms with van der Waals surface area (Å²) < 4.78 is 5.56. The molecule has 1 aromatic rings. The molecule has 7 nitrogen and oxygen atoms in total. The maximum atomic E-state index is 11.3. The summed E-state index contributed by atoms with van der Waals surface area (Å²) in [6.45, 7) is 1.77. The topological polar surface area (TPSA) is 110 Å². The van der Waals surface area contributed by atoms with Gasteiger partial charge in [0.2, 0.25) is 0 Å². The van der Waals surface area contributed by atoms with Crippen molar-refractivity contribution in [2.24, 2.45) is 5.84 Å². The molecular formula is C11H16N4O3S. The molecule has 4 N–H and O–H groups in total. The number of nitrogens with two attached hydrogens (primary N) is 1. The van der Waals surface area contributed by atoms with Crippen molar-refractivity contribution in [3.63, 3.8) is 0 Å². The average Bonchev–Trinajstić information content (AvgIpc) is 2.83. The number of hydrazine groups is 1. The fourth-order valence-corrected chi connectivity index (χ4v) is 2.88. The Morgan fingerprint density at radius 1 is 1.68 bits per heavy atom. The van der Waals surface area contributed by atoms with Gasteiger partial charge >= 0.3 is 0 Å². The molecule has 0 bridgehead atoms. The lowest BCUT2D eigenvalue weighted by molar-refractivity contribution is -0.131. The highest BCUT2D eigenvalue weighted by molar-refractivity contribution is 7.99. The van der Waals surface area contributed by atoms with Crippen LogP contribution in [0.1, 0.15) is 18.5 Å². The van der Waals surface area contributed by atoms with E-state index >= 15 is 0 Å². The van der Waals surface area contributed by atoms with Crippen molar-refractivity contribution in [3.8, 4) is 0 Å². The van der Waals surface area contributed by atoms with E-state index in [2.05, 4.69) is 15.4 Å². The molecule has 0 radical (unpaired) electrons. The van der Waals surface area contributed by atoms with Crippen molar-refractivity contribution in [2.45, 2.75) is 37.1 Å². The number of nitrogens with one attached hydrogen (secondary N) is 2. The summed E-state index contributed by atoms with van der Waals surface area (Å²) in [7, 11) is 0. The van der Waals surface area contributed by atoms with E-state index in [9.17, 15) is 9.59 Å². The second-order valence-electron chi connectivity index (χ2n) is 4.34. The van der Waals surface area contributed by atoms with E-state index in [1.54, 1.807) is 6.92 Å². The van der Waals surface area contributed by atoms with Gasteiger partial charge in [-0.05, 0) is 19.8 Å². The first-order chi connectivity index (χ1) is 9.08. The molecule has 0 spiro atoms. The molecule has 1 aromatic heterocycles. The number of aromatic nitrogens is 2. The predicted octanol–water partition coefficient (Wildman–Crippen LogP) is -0.292. The minimum absolute atomic E-state index is 0.0295. The fourth-order valence-electron chi connectivity index (χ4n) is 1.91. The number of aryl methyl sites for hydroxylation is 1. The van der Waals surface area contributed by atoms with Crippen LogP contribution in [0.25, 0.3) is 0 Å². The van der Waals surface area contributed by atoms with Gasteiger partial charge in [0.25, 0.3) is 11.5 Å². The molecule has 1 aliphatic heterocycles. The van der Waals surface area contributed by atoms with Crippen LogP contribution in [0.4, 0.5) is 0 Å². The Hall–Kier alpha value is -1.38. The van der Waals surface area contributed by atoms with Gasteiger partial charge in [-0.3, -0.25) is 15.0 Å². The molecule has 0 saturated carbocycles. The molecule has 0 aliphatic carbocycles. The number of ether oxygens (including phenoxy) is 1. The maximum Gasteiger partial charge on any atom is 0.263 e. The van der Waals surface area contributed by atoms with Crippen LogP contribution in [-0.4, -0.2) is 33.8 Å². The molecule has 2 rings (SSSR count). The predicted molar refractivity (Wildman–Crippen MR) is 70.5 cm³/mol. The number of rotatable bonds is 4. The normalized spacial score (nSPS) is 22.4. The third-order valence-electron chi connectivity index (χ3n) is 2.80. The molecule has 104 valence electrons. The molecule has 1 aliphatic rings. The molecular weight excluding hydrogens is 268 g/mol. The van der Waals surface area contributed by atoms with Crippen LogP contribution in [0.5, 0.6) is 0 Å². The van der Waals surface area contributed by atoms with E-state index in [0.717, 1.165) is 6.42 Å². The van der Waals surface area contributed by atoms with Crippen molar-refractivity contribution in [1.82, 2.24) is 15.4 Å². The number of nitrogens with zero attached hydrogens (tertiary/aromatic N) is 1. The quantitative estimate of drug-likeness (QED) is 0.230. The lowest BCUT2D eigenvalue weighted by Crippen LogP contribution is -2.39. The molecule has 2 atom stereocenters. The van der Waals surface area contributed by atoms with Gasteiger partial charge in [-0.1, -0.05) is 11.8 Å². The molecule has 2 heterocycles. The van der Waals surface area contributed by atoms with Gasteiger partial charge in [-0.2, -0.15) is 0 Å². The number of aromatic amines is 1. The number of carbonyl (C=O) groups is 1. The summed E-state index contributed by atoms with van der Waals surface area (Å²) >= 11 is 1.41. The molecule has 1 amide bonds. The van der Waals surface area contributed by atoms with Crippen molar-refractivity contribution in [1.29, 1.82) is 0 Å². The van der Waals surface area contributed by atoms with Crippen LogP contribution in [0.2, 0.25) is 0 Å². The van der Waals surface area contributed by atoms with Crippen LogP contribution in [0.3, 0.4) is 0 Å². The minimum Gasteiger partial charge on any atom is -0.364 e. The second-order valence-corrected chi connectivity index (χ2v) is 5.34. The lowest BCUT2D eigenvalue weighted by atomic mass is 10.2. The van der Waals surface area contributed by atoms with Gasteiger partial charge < -0.3 is 9.72 Å². The van der Waals surface area contributed by atoms with Crippen molar-refractivity contribution >= 4 is 17.7 Å². The number of amides is 1. The first kappa shape index (κ1) is 14.0. The van der Waals surface area contributed by atoms with Crippen LogP contribution in [0, 0.1) is 6.92 Å². The van der Waals surface area contributed by atoms with Crippen molar-refractivity contribution in [3.05, 3.63) is 22.1 Å². The van der Waals surface area contributed by atoms with Gasteiger partial charge in [0.1, 0.15) is 6.10 Å². The zero-order chi connectivity index (χ0) is 13.8. The lowest BCUT2D eigenvalue weighted by Gasteiger charge is -2.11.